The van der Waals surface area contributed by atoms with Gasteiger partial charge in [-0.1, -0.05) is 39.0 Å². The van der Waals surface area contributed by atoms with Crippen molar-refractivity contribution in [2.24, 2.45) is 5.92 Å². The van der Waals surface area contributed by atoms with Gasteiger partial charge in [-0.05, 0) is 67.1 Å². The van der Waals surface area contributed by atoms with Crippen molar-refractivity contribution in [2.75, 3.05) is 30.8 Å². The molecular weight excluding hydrogens is 478 g/mol. The van der Waals surface area contributed by atoms with E-state index in [4.69, 9.17) is 4.74 Å². The van der Waals surface area contributed by atoms with Crippen molar-refractivity contribution in [2.45, 2.75) is 53.6 Å². The minimum atomic E-state index is -3.77. The standard InChI is InChI=1S/C27H39N3O5S/c1-8-25(27(32)28-16-19(2)3)29(17-22-9-11-24(35-6)12-10-22)26(31)18-30(36(7,33)34)23-14-20(4)13-21(5)15-23/h9-15,19,25H,8,16-18H2,1-7H3,(H,28,32). The molecule has 1 N–H and O–H groups in total. The summed E-state index contributed by atoms with van der Waals surface area (Å²) in [4.78, 5) is 28.3. The van der Waals surface area contributed by atoms with Gasteiger partial charge in [-0.25, -0.2) is 8.42 Å². The molecule has 0 bridgehead atoms. The first-order chi connectivity index (χ1) is 16.8. The zero-order chi connectivity index (χ0) is 27.0. The van der Waals surface area contributed by atoms with Crippen LogP contribution in [0.3, 0.4) is 0 Å². The second-order valence-corrected chi connectivity index (χ2v) is 11.5. The SMILES string of the molecule is CCC(C(=O)NCC(C)C)N(Cc1ccc(OC)cc1)C(=O)CN(c1cc(C)cc(C)c1)S(C)(=O)=O. The molecule has 198 valence electrons. The van der Waals surface area contributed by atoms with Crippen LogP contribution < -0.4 is 14.4 Å². The number of aryl methyl sites for hydroxylation is 2. The van der Waals surface area contributed by atoms with Crippen molar-refractivity contribution in [3.05, 3.63) is 59.2 Å². The van der Waals surface area contributed by atoms with E-state index in [1.165, 1.54) is 4.90 Å². The maximum Gasteiger partial charge on any atom is 0.244 e. The topological polar surface area (TPSA) is 96.0 Å². The minimum Gasteiger partial charge on any atom is -0.497 e. The first-order valence-corrected chi connectivity index (χ1v) is 14.0. The predicted molar refractivity (Wildman–Crippen MR) is 144 cm³/mol. The molecule has 2 amide bonds. The highest BCUT2D eigenvalue weighted by atomic mass is 32.2. The summed E-state index contributed by atoms with van der Waals surface area (Å²) in [5.74, 6) is 0.214. The van der Waals surface area contributed by atoms with Crippen molar-refractivity contribution >= 4 is 27.5 Å². The maximum absolute atomic E-state index is 13.7. The third-order valence-electron chi connectivity index (χ3n) is 5.76. The zero-order valence-corrected chi connectivity index (χ0v) is 23.2. The Hall–Kier alpha value is -3.07. The van der Waals surface area contributed by atoms with Crippen LogP contribution >= 0.6 is 0 Å². The van der Waals surface area contributed by atoms with Gasteiger partial charge in [0.1, 0.15) is 18.3 Å². The summed E-state index contributed by atoms with van der Waals surface area (Å²) in [6, 6.07) is 11.9. The van der Waals surface area contributed by atoms with Gasteiger partial charge >= 0.3 is 0 Å². The molecular formula is C27H39N3O5S. The summed E-state index contributed by atoms with van der Waals surface area (Å²) >= 11 is 0. The minimum absolute atomic E-state index is 0.154. The molecule has 0 heterocycles. The Labute approximate surface area is 215 Å². The lowest BCUT2D eigenvalue weighted by atomic mass is 10.1. The van der Waals surface area contributed by atoms with E-state index in [0.29, 0.717) is 24.4 Å². The zero-order valence-electron chi connectivity index (χ0n) is 22.4. The smallest absolute Gasteiger partial charge is 0.244 e. The molecule has 0 radical (unpaired) electrons. The Morgan fingerprint density at radius 1 is 1.03 bits per heavy atom. The van der Waals surface area contributed by atoms with Crippen LogP contribution in [0.2, 0.25) is 0 Å². The first-order valence-electron chi connectivity index (χ1n) is 12.1. The lowest BCUT2D eigenvalue weighted by Gasteiger charge is -2.33. The summed E-state index contributed by atoms with van der Waals surface area (Å²) in [5, 5.41) is 2.92. The number of nitrogens with zero attached hydrogens (tertiary/aromatic N) is 2. The van der Waals surface area contributed by atoms with Crippen LogP contribution in [0.1, 0.15) is 43.9 Å². The summed E-state index contributed by atoms with van der Waals surface area (Å²) in [6.45, 7) is 9.81. The lowest BCUT2D eigenvalue weighted by Crippen LogP contribution is -2.52. The molecule has 0 spiro atoms. The van der Waals surface area contributed by atoms with Gasteiger partial charge in [0.2, 0.25) is 21.8 Å². The Balaban J connectivity index is 2.44. The summed E-state index contributed by atoms with van der Waals surface area (Å²) < 4.78 is 31.8. The van der Waals surface area contributed by atoms with Crippen LogP contribution in [0.5, 0.6) is 5.75 Å². The van der Waals surface area contributed by atoms with Gasteiger partial charge < -0.3 is 15.0 Å². The van der Waals surface area contributed by atoms with Gasteiger partial charge in [-0.15, -0.1) is 0 Å². The molecule has 9 heteroatoms. The number of methoxy groups -OCH3 is 1. The predicted octanol–water partition coefficient (Wildman–Crippen LogP) is 3.66. The molecule has 1 atom stereocenters. The molecule has 1 unspecified atom stereocenters. The lowest BCUT2D eigenvalue weighted by molar-refractivity contribution is -0.140. The molecule has 0 aliphatic carbocycles. The van der Waals surface area contributed by atoms with Crippen LogP contribution in [-0.4, -0.2) is 57.6 Å². The third kappa shape index (κ3) is 8.26. The van der Waals surface area contributed by atoms with Crippen LogP contribution in [0, 0.1) is 19.8 Å². The Morgan fingerprint density at radius 3 is 2.08 bits per heavy atom. The fourth-order valence-corrected chi connectivity index (χ4v) is 4.81. The normalized spacial score (nSPS) is 12.2. The van der Waals surface area contributed by atoms with E-state index in [1.54, 1.807) is 31.4 Å². The first kappa shape index (κ1) is 29.2. The number of carbonyl (C=O) groups excluding carboxylic acids is 2. The number of ether oxygens (including phenoxy) is 1. The second kappa shape index (κ2) is 12.8. The molecule has 2 aromatic carbocycles. The van der Waals surface area contributed by atoms with E-state index in [2.05, 4.69) is 5.32 Å². The number of hydrogen-bond donors (Lipinski definition) is 1. The van der Waals surface area contributed by atoms with E-state index in [-0.39, 0.29) is 18.4 Å². The Bertz CT molecular complexity index is 1130. The van der Waals surface area contributed by atoms with Gasteiger partial charge in [0.15, 0.2) is 0 Å². The van der Waals surface area contributed by atoms with Crippen molar-refractivity contribution in [3.8, 4) is 5.75 Å². The van der Waals surface area contributed by atoms with E-state index in [0.717, 1.165) is 27.3 Å². The summed E-state index contributed by atoms with van der Waals surface area (Å²) in [7, 11) is -2.19. The van der Waals surface area contributed by atoms with Crippen LogP contribution in [-0.2, 0) is 26.2 Å². The summed E-state index contributed by atoms with van der Waals surface area (Å²) in [6.07, 6.45) is 1.46. The van der Waals surface area contributed by atoms with E-state index in [1.807, 2.05) is 52.8 Å². The average molecular weight is 518 g/mol. The largest absolute Gasteiger partial charge is 0.497 e. The van der Waals surface area contributed by atoms with Crippen molar-refractivity contribution in [1.29, 1.82) is 0 Å². The fourth-order valence-electron chi connectivity index (χ4n) is 3.98. The fraction of sp³-hybridized carbons (Fsp3) is 0.481. The molecule has 2 aromatic rings. The highest BCUT2D eigenvalue weighted by molar-refractivity contribution is 7.92. The molecule has 8 nitrogen and oxygen atoms in total. The van der Waals surface area contributed by atoms with Crippen LogP contribution in [0.15, 0.2) is 42.5 Å². The quantitative estimate of drug-likeness (QED) is 0.464. The molecule has 0 saturated carbocycles. The molecule has 0 aromatic heterocycles. The molecule has 0 fully saturated rings. The van der Waals surface area contributed by atoms with Crippen molar-refractivity contribution in [3.63, 3.8) is 0 Å². The number of nitrogens with one attached hydrogen (secondary N) is 1. The molecule has 0 saturated heterocycles. The number of benzene rings is 2. The van der Waals surface area contributed by atoms with Crippen molar-refractivity contribution < 1.29 is 22.7 Å². The Kier molecular flexibility index (Phi) is 10.3. The third-order valence-corrected chi connectivity index (χ3v) is 6.90. The van der Waals surface area contributed by atoms with Gasteiger partial charge in [-0.3, -0.25) is 13.9 Å². The molecule has 0 aliphatic rings. The second-order valence-electron chi connectivity index (χ2n) is 9.55. The highest BCUT2D eigenvalue weighted by Crippen LogP contribution is 2.23. The monoisotopic (exact) mass is 517 g/mol. The maximum atomic E-state index is 13.7. The average Bonchev–Trinajstić information content (AvgIpc) is 2.79. The number of carbonyl (C=O) groups is 2. The molecule has 36 heavy (non-hydrogen) atoms. The van der Waals surface area contributed by atoms with Crippen LogP contribution in [0.25, 0.3) is 0 Å². The highest BCUT2D eigenvalue weighted by Gasteiger charge is 2.31. The summed E-state index contributed by atoms with van der Waals surface area (Å²) in [5.41, 5.74) is 3.00. The number of anilines is 1. The van der Waals surface area contributed by atoms with Gasteiger partial charge in [0, 0.05) is 13.1 Å². The van der Waals surface area contributed by atoms with E-state index in [9.17, 15) is 18.0 Å². The number of rotatable bonds is 12. The van der Waals surface area contributed by atoms with Gasteiger partial charge in [0.25, 0.3) is 0 Å². The van der Waals surface area contributed by atoms with Crippen LogP contribution in [0.4, 0.5) is 5.69 Å². The number of sulfonamides is 1. The number of amides is 2. The molecule has 2 rings (SSSR count). The Morgan fingerprint density at radius 2 is 1.61 bits per heavy atom. The van der Waals surface area contributed by atoms with Gasteiger partial charge in [-0.2, -0.15) is 0 Å². The van der Waals surface area contributed by atoms with Gasteiger partial charge in [0.05, 0.1) is 19.1 Å². The molecule has 0 aliphatic heterocycles. The van der Waals surface area contributed by atoms with Crippen molar-refractivity contribution in [1.82, 2.24) is 10.2 Å². The van der Waals surface area contributed by atoms with E-state index < -0.39 is 28.5 Å². The number of hydrogen-bond acceptors (Lipinski definition) is 5. The van der Waals surface area contributed by atoms with E-state index >= 15 is 0 Å².